The molecule has 0 bridgehead atoms. The van der Waals surface area contributed by atoms with E-state index in [9.17, 15) is 4.79 Å². The summed E-state index contributed by atoms with van der Waals surface area (Å²) in [7, 11) is 0. The lowest BCUT2D eigenvalue weighted by atomic mass is 10.2. The van der Waals surface area contributed by atoms with Gasteiger partial charge >= 0.3 is 0 Å². The third-order valence-electron chi connectivity index (χ3n) is 2.44. The van der Waals surface area contributed by atoms with E-state index in [0.717, 1.165) is 11.3 Å². The molecule has 3 nitrogen and oxygen atoms in total. The van der Waals surface area contributed by atoms with Crippen LogP contribution in [-0.2, 0) is 0 Å². The molecule has 0 aliphatic carbocycles. The minimum absolute atomic E-state index is 0.221. The molecule has 0 radical (unpaired) electrons. The van der Waals surface area contributed by atoms with E-state index in [1.807, 2.05) is 31.2 Å². The minimum atomic E-state index is -0.282. The van der Waals surface area contributed by atoms with Crippen LogP contribution in [0.15, 0.2) is 35.3 Å². The lowest BCUT2D eigenvalue weighted by molar-refractivity contribution is 0.795. The van der Waals surface area contributed by atoms with Gasteiger partial charge in [0.25, 0.3) is 5.56 Å². The lowest BCUT2D eigenvalue weighted by Gasteiger charge is -2.08. The first-order chi connectivity index (χ1) is 7.61. The molecule has 0 aliphatic heterocycles. The average molecular weight is 235 g/mol. The van der Waals surface area contributed by atoms with E-state index in [2.05, 4.69) is 5.10 Å². The Morgan fingerprint density at radius 1 is 1.19 bits per heavy atom. The Morgan fingerprint density at radius 2 is 1.88 bits per heavy atom. The van der Waals surface area contributed by atoms with Crippen molar-refractivity contribution in [2.24, 2.45) is 0 Å². The van der Waals surface area contributed by atoms with Gasteiger partial charge in [0.2, 0.25) is 0 Å². The SMILES string of the molecule is Cc1ccccc1-n1ncc(C)c(Cl)c1=O. The molecule has 0 saturated carbocycles. The molecule has 1 heterocycles. The average Bonchev–Trinajstić information content (AvgIpc) is 2.28. The summed E-state index contributed by atoms with van der Waals surface area (Å²) in [6, 6.07) is 7.55. The molecule has 0 saturated heterocycles. The summed E-state index contributed by atoms with van der Waals surface area (Å²) in [6.45, 7) is 3.69. The minimum Gasteiger partial charge on any atom is -0.266 e. The van der Waals surface area contributed by atoms with Crippen molar-refractivity contribution in [1.29, 1.82) is 0 Å². The van der Waals surface area contributed by atoms with Crippen LogP contribution in [0.5, 0.6) is 0 Å². The molecule has 0 N–H and O–H groups in total. The molecule has 0 unspecified atom stereocenters. The highest BCUT2D eigenvalue weighted by molar-refractivity contribution is 6.31. The standard InChI is InChI=1S/C12H11ClN2O/c1-8-5-3-4-6-10(8)15-12(16)11(13)9(2)7-14-15/h3-7H,1-2H3. The van der Waals surface area contributed by atoms with E-state index in [0.29, 0.717) is 5.56 Å². The number of benzene rings is 1. The molecule has 0 aliphatic rings. The van der Waals surface area contributed by atoms with E-state index in [-0.39, 0.29) is 10.6 Å². The Morgan fingerprint density at radius 3 is 2.56 bits per heavy atom. The molecule has 1 aromatic heterocycles. The summed E-state index contributed by atoms with van der Waals surface area (Å²) in [5.41, 5.74) is 2.15. The van der Waals surface area contributed by atoms with Crippen LogP contribution in [0.25, 0.3) is 5.69 Å². The van der Waals surface area contributed by atoms with Crippen molar-refractivity contribution in [3.63, 3.8) is 0 Å². The highest BCUT2D eigenvalue weighted by Gasteiger charge is 2.08. The zero-order valence-corrected chi connectivity index (χ0v) is 9.82. The summed E-state index contributed by atoms with van der Waals surface area (Å²) < 4.78 is 1.32. The van der Waals surface area contributed by atoms with Crippen LogP contribution in [0.1, 0.15) is 11.1 Å². The maximum absolute atomic E-state index is 11.9. The smallest absolute Gasteiger partial charge is 0.266 e. The second-order valence-electron chi connectivity index (χ2n) is 3.65. The third-order valence-corrected chi connectivity index (χ3v) is 2.90. The number of halogens is 1. The van der Waals surface area contributed by atoms with Crippen LogP contribution in [0.3, 0.4) is 0 Å². The van der Waals surface area contributed by atoms with E-state index in [1.165, 1.54) is 4.68 Å². The van der Waals surface area contributed by atoms with Crippen LogP contribution in [0, 0.1) is 13.8 Å². The van der Waals surface area contributed by atoms with Gasteiger partial charge in [-0.1, -0.05) is 29.8 Å². The van der Waals surface area contributed by atoms with E-state index >= 15 is 0 Å². The molecule has 1 aromatic carbocycles. The maximum Gasteiger partial charge on any atom is 0.290 e. The lowest BCUT2D eigenvalue weighted by Crippen LogP contribution is -2.22. The fraction of sp³-hybridized carbons (Fsp3) is 0.167. The van der Waals surface area contributed by atoms with Gasteiger partial charge < -0.3 is 0 Å². The summed E-state index contributed by atoms with van der Waals surface area (Å²) in [5, 5.41) is 4.31. The van der Waals surface area contributed by atoms with Gasteiger partial charge in [0.15, 0.2) is 0 Å². The second-order valence-corrected chi connectivity index (χ2v) is 4.02. The highest BCUT2D eigenvalue weighted by Crippen LogP contribution is 2.12. The van der Waals surface area contributed by atoms with Gasteiger partial charge in [0.05, 0.1) is 11.9 Å². The Kier molecular flexibility index (Phi) is 2.79. The topological polar surface area (TPSA) is 34.9 Å². The van der Waals surface area contributed by atoms with Gasteiger partial charge in [-0.05, 0) is 31.0 Å². The van der Waals surface area contributed by atoms with Gasteiger partial charge in [-0.3, -0.25) is 4.79 Å². The largest absolute Gasteiger partial charge is 0.290 e. The number of para-hydroxylation sites is 1. The monoisotopic (exact) mass is 234 g/mol. The molecule has 2 rings (SSSR count). The number of rotatable bonds is 1. The number of hydrogen-bond donors (Lipinski definition) is 0. The molecule has 82 valence electrons. The van der Waals surface area contributed by atoms with E-state index in [1.54, 1.807) is 13.1 Å². The van der Waals surface area contributed by atoms with Crippen molar-refractivity contribution in [3.8, 4) is 5.69 Å². The summed E-state index contributed by atoms with van der Waals surface area (Å²) >= 11 is 5.91. The first-order valence-electron chi connectivity index (χ1n) is 4.91. The molecule has 16 heavy (non-hydrogen) atoms. The van der Waals surface area contributed by atoms with Crippen LogP contribution >= 0.6 is 11.6 Å². The van der Waals surface area contributed by atoms with Gasteiger partial charge in [0.1, 0.15) is 5.02 Å². The predicted octanol–water partition coefficient (Wildman–Crippen LogP) is 2.50. The number of nitrogens with zero attached hydrogens (tertiary/aromatic N) is 2. The Labute approximate surface area is 98.3 Å². The zero-order chi connectivity index (χ0) is 11.7. The van der Waals surface area contributed by atoms with Gasteiger partial charge in [0, 0.05) is 0 Å². The normalized spacial score (nSPS) is 10.4. The van der Waals surface area contributed by atoms with Crippen molar-refractivity contribution in [2.75, 3.05) is 0 Å². The Balaban J connectivity index is 2.72. The molecular formula is C12H11ClN2O. The van der Waals surface area contributed by atoms with Gasteiger partial charge in [-0.2, -0.15) is 9.78 Å². The summed E-state index contributed by atoms with van der Waals surface area (Å²) in [5.74, 6) is 0. The van der Waals surface area contributed by atoms with Crippen LogP contribution in [0.4, 0.5) is 0 Å². The van der Waals surface area contributed by atoms with Gasteiger partial charge in [-0.15, -0.1) is 0 Å². The fourth-order valence-electron chi connectivity index (χ4n) is 1.49. The quantitative estimate of drug-likeness (QED) is 0.760. The van der Waals surface area contributed by atoms with E-state index in [4.69, 9.17) is 11.6 Å². The molecule has 0 spiro atoms. The van der Waals surface area contributed by atoms with E-state index < -0.39 is 0 Å². The highest BCUT2D eigenvalue weighted by atomic mass is 35.5. The Bertz CT molecular complexity index is 590. The van der Waals surface area contributed by atoms with Crippen molar-refractivity contribution in [3.05, 3.63) is 57.0 Å². The third kappa shape index (κ3) is 1.74. The summed E-state index contributed by atoms with van der Waals surface area (Å²) in [6.07, 6.45) is 1.59. The molecule has 0 amide bonds. The van der Waals surface area contributed by atoms with Crippen LogP contribution < -0.4 is 5.56 Å². The molecule has 2 aromatic rings. The predicted molar refractivity (Wildman–Crippen MR) is 64.3 cm³/mol. The van der Waals surface area contributed by atoms with Crippen molar-refractivity contribution >= 4 is 11.6 Å². The number of aryl methyl sites for hydroxylation is 2. The van der Waals surface area contributed by atoms with Crippen molar-refractivity contribution < 1.29 is 0 Å². The Hall–Kier alpha value is -1.61. The fourth-order valence-corrected chi connectivity index (χ4v) is 1.62. The first kappa shape index (κ1) is 10.9. The molecule has 0 fully saturated rings. The maximum atomic E-state index is 11.9. The second kappa shape index (κ2) is 4.10. The van der Waals surface area contributed by atoms with Crippen LogP contribution in [-0.4, -0.2) is 9.78 Å². The van der Waals surface area contributed by atoms with Crippen molar-refractivity contribution in [2.45, 2.75) is 13.8 Å². The molecule has 4 heteroatoms. The summed E-state index contributed by atoms with van der Waals surface area (Å²) in [4.78, 5) is 11.9. The van der Waals surface area contributed by atoms with Gasteiger partial charge in [-0.25, -0.2) is 0 Å². The number of aromatic nitrogens is 2. The molecule has 0 atom stereocenters. The van der Waals surface area contributed by atoms with Crippen LogP contribution in [0.2, 0.25) is 5.02 Å². The molecular weight excluding hydrogens is 224 g/mol. The van der Waals surface area contributed by atoms with Crippen molar-refractivity contribution in [1.82, 2.24) is 9.78 Å². The first-order valence-corrected chi connectivity index (χ1v) is 5.29. The number of hydrogen-bond acceptors (Lipinski definition) is 2. The zero-order valence-electron chi connectivity index (χ0n) is 9.07.